The zero-order chi connectivity index (χ0) is 17.1. The standard InChI is InChI=1S/C18H24N4OS2/c24-18(19-12-14-4-3-11-23-14)22-9-7-21(8-10-22)13-17-20-15-5-1-2-6-16(15)25-17/h1-2,5-6,14H,3-4,7-13H2,(H,19,24)/t14-/m1/s1. The number of hydrogen-bond donors (Lipinski definition) is 1. The highest BCUT2D eigenvalue weighted by Crippen LogP contribution is 2.23. The van der Waals surface area contributed by atoms with E-state index in [0.717, 1.165) is 62.9 Å². The highest BCUT2D eigenvalue weighted by molar-refractivity contribution is 7.80. The van der Waals surface area contributed by atoms with Crippen LogP contribution in [0.25, 0.3) is 10.2 Å². The monoisotopic (exact) mass is 376 g/mol. The van der Waals surface area contributed by atoms with E-state index in [1.54, 1.807) is 11.3 Å². The molecule has 1 N–H and O–H groups in total. The third kappa shape index (κ3) is 4.28. The lowest BCUT2D eigenvalue weighted by atomic mass is 10.2. The molecule has 2 fully saturated rings. The zero-order valence-corrected chi connectivity index (χ0v) is 16.0. The number of benzene rings is 1. The molecule has 5 nitrogen and oxygen atoms in total. The molecule has 7 heteroatoms. The number of para-hydroxylation sites is 1. The second-order valence-corrected chi connectivity index (χ2v) is 8.16. The van der Waals surface area contributed by atoms with E-state index < -0.39 is 0 Å². The molecule has 0 unspecified atom stereocenters. The zero-order valence-electron chi connectivity index (χ0n) is 14.3. The van der Waals surface area contributed by atoms with Crippen molar-refractivity contribution in [3.63, 3.8) is 0 Å². The molecule has 134 valence electrons. The normalized spacial score (nSPS) is 21.8. The first-order chi connectivity index (χ1) is 12.3. The van der Waals surface area contributed by atoms with Crippen molar-refractivity contribution in [1.82, 2.24) is 20.1 Å². The highest BCUT2D eigenvalue weighted by Gasteiger charge is 2.21. The van der Waals surface area contributed by atoms with E-state index in [4.69, 9.17) is 21.9 Å². The van der Waals surface area contributed by atoms with Gasteiger partial charge in [-0.3, -0.25) is 4.90 Å². The number of nitrogens with zero attached hydrogens (tertiary/aromatic N) is 3. The molecule has 0 bridgehead atoms. The van der Waals surface area contributed by atoms with Crippen molar-refractivity contribution < 1.29 is 4.74 Å². The Morgan fingerprint density at radius 1 is 1.28 bits per heavy atom. The van der Waals surface area contributed by atoms with Gasteiger partial charge in [0.15, 0.2) is 5.11 Å². The van der Waals surface area contributed by atoms with Crippen LogP contribution in [0.15, 0.2) is 24.3 Å². The molecule has 2 aliphatic rings. The van der Waals surface area contributed by atoms with Gasteiger partial charge in [0.2, 0.25) is 0 Å². The van der Waals surface area contributed by atoms with Crippen LogP contribution < -0.4 is 5.32 Å². The van der Waals surface area contributed by atoms with Crippen molar-refractivity contribution in [2.45, 2.75) is 25.5 Å². The number of fused-ring (bicyclic) bond motifs is 1. The molecule has 1 atom stereocenters. The average molecular weight is 377 g/mol. The van der Waals surface area contributed by atoms with E-state index in [9.17, 15) is 0 Å². The number of nitrogens with one attached hydrogen (secondary N) is 1. The van der Waals surface area contributed by atoms with Crippen molar-refractivity contribution in [3.8, 4) is 0 Å². The lowest BCUT2D eigenvalue weighted by Gasteiger charge is -2.36. The maximum Gasteiger partial charge on any atom is 0.169 e. The van der Waals surface area contributed by atoms with Gasteiger partial charge < -0.3 is 15.0 Å². The van der Waals surface area contributed by atoms with Crippen molar-refractivity contribution in [2.24, 2.45) is 0 Å². The second kappa shape index (κ2) is 7.95. The van der Waals surface area contributed by atoms with Gasteiger partial charge in [0.25, 0.3) is 0 Å². The van der Waals surface area contributed by atoms with E-state index in [1.165, 1.54) is 16.1 Å². The smallest absolute Gasteiger partial charge is 0.169 e. The second-order valence-electron chi connectivity index (χ2n) is 6.66. The topological polar surface area (TPSA) is 40.6 Å². The van der Waals surface area contributed by atoms with Crippen LogP contribution in [0.2, 0.25) is 0 Å². The number of rotatable bonds is 4. The first kappa shape index (κ1) is 17.1. The van der Waals surface area contributed by atoms with Crippen LogP contribution >= 0.6 is 23.6 Å². The summed E-state index contributed by atoms with van der Waals surface area (Å²) in [5.41, 5.74) is 1.11. The van der Waals surface area contributed by atoms with Crippen LogP contribution in [-0.2, 0) is 11.3 Å². The van der Waals surface area contributed by atoms with E-state index in [-0.39, 0.29) is 0 Å². The Kier molecular flexibility index (Phi) is 5.45. The number of hydrogen-bond acceptors (Lipinski definition) is 5. The molecule has 2 aromatic rings. The van der Waals surface area contributed by atoms with E-state index in [2.05, 4.69) is 39.4 Å². The average Bonchev–Trinajstić information content (AvgIpc) is 3.29. The molecule has 0 aliphatic carbocycles. The van der Waals surface area contributed by atoms with Gasteiger partial charge in [0.05, 0.1) is 22.9 Å². The van der Waals surface area contributed by atoms with Gasteiger partial charge in [-0.15, -0.1) is 11.3 Å². The largest absolute Gasteiger partial charge is 0.376 e. The van der Waals surface area contributed by atoms with Crippen LogP contribution in [0, 0.1) is 0 Å². The Hall–Kier alpha value is -1.28. The molecule has 3 heterocycles. The highest BCUT2D eigenvalue weighted by atomic mass is 32.1. The van der Waals surface area contributed by atoms with Crippen LogP contribution in [0.1, 0.15) is 17.8 Å². The minimum absolute atomic E-state index is 0.332. The Morgan fingerprint density at radius 2 is 2.12 bits per heavy atom. The van der Waals surface area contributed by atoms with Gasteiger partial charge in [-0.2, -0.15) is 0 Å². The molecule has 4 rings (SSSR count). The fourth-order valence-electron chi connectivity index (χ4n) is 3.41. The molecule has 0 radical (unpaired) electrons. The minimum Gasteiger partial charge on any atom is -0.376 e. The van der Waals surface area contributed by atoms with Gasteiger partial charge in [-0.05, 0) is 37.2 Å². The molecule has 1 aromatic carbocycles. The quantitative estimate of drug-likeness (QED) is 0.827. The summed E-state index contributed by atoms with van der Waals surface area (Å²) in [6.07, 6.45) is 2.65. The van der Waals surface area contributed by atoms with Crippen LogP contribution in [0.3, 0.4) is 0 Å². The Bertz CT molecular complexity index is 688. The van der Waals surface area contributed by atoms with Gasteiger partial charge in [0.1, 0.15) is 5.01 Å². The number of thiocarbonyl (C=S) groups is 1. The molecule has 2 saturated heterocycles. The summed E-state index contributed by atoms with van der Waals surface area (Å²) in [6, 6.07) is 8.36. The number of thiazole rings is 1. The fourth-order valence-corrected chi connectivity index (χ4v) is 4.68. The summed E-state index contributed by atoms with van der Waals surface area (Å²) in [5, 5.41) is 5.45. The van der Waals surface area contributed by atoms with E-state index >= 15 is 0 Å². The summed E-state index contributed by atoms with van der Waals surface area (Å²) in [6.45, 7) is 6.66. The first-order valence-corrected chi connectivity index (χ1v) is 10.2. The lowest BCUT2D eigenvalue weighted by molar-refractivity contribution is 0.112. The molecule has 0 spiro atoms. The number of ether oxygens (including phenoxy) is 1. The Morgan fingerprint density at radius 3 is 2.88 bits per heavy atom. The summed E-state index contributed by atoms with van der Waals surface area (Å²) in [5.74, 6) is 0. The molecule has 2 aliphatic heterocycles. The van der Waals surface area contributed by atoms with E-state index in [1.807, 2.05) is 0 Å². The third-order valence-corrected chi connectivity index (χ3v) is 6.29. The van der Waals surface area contributed by atoms with Gasteiger partial charge >= 0.3 is 0 Å². The first-order valence-electron chi connectivity index (χ1n) is 8.99. The number of piperazine rings is 1. The predicted molar refractivity (Wildman–Crippen MR) is 106 cm³/mol. The molecule has 0 saturated carbocycles. The summed E-state index contributed by atoms with van der Waals surface area (Å²) < 4.78 is 6.92. The van der Waals surface area contributed by atoms with Crippen LogP contribution in [0.5, 0.6) is 0 Å². The van der Waals surface area contributed by atoms with Crippen molar-refractivity contribution in [2.75, 3.05) is 39.3 Å². The summed E-state index contributed by atoms with van der Waals surface area (Å²) in [7, 11) is 0. The van der Waals surface area contributed by atoms with Gasteiger partial charge in [-0.25, -0.2) is 4.98 Å². The van der Waals surface area contributed by atoms with Crippen molar-refractivity contribution >= 4 is 38.9 Å². The van der Waals surface area contributed by atoms with Gasteiger partial charge in [-0.1, -0.05) is 12.1 Å². The molecular formula is C18H24N4OS2. The van der Waals surface area contributed by atoms with Crippen LogP contribution in [-0.4, -0.2) is 65.3 Å². The molecular weight excluding hydrogens is 352 g/mol. The SMILES string of the molecule is S=C(NC[C@H]1CCCO1)N1CCN(Cc2nc3ccccc3s2)CC1. The minimum atomic E-state index is 0.332. The van der Waals surface area contributed by atoms with Crippen molar-refractivity contribution in [1.29, 1.82) is 0 Å². The number of aromatic nitrogens is 1. The van der Waals surface area contributed by atoms with E-state index in [0.29, 0.717) is 6.10 Å². The predicted octanol–water partition coefficient (Wildman–Crippen LogP) is 2.47. The summed E-state index contributed by atoms with van der Waals surface area (Å²) in [4.78, 5) is 9.49. The van der Waals surface area contributed by atoms with Gasteiger partial charge in [0, 0.05) is 39.3 Å². The maximum absolute atomic E-state index is 5.64. The Balaban J connectivity index is 1.24. The molecule has 1 aromatic heterocycles. The molecule has 25 heavy (non-hydrogen) atoms. The third-order valence-electron chi connectivity index (χ3n) is 4.86. The van der Waals surface area contributed by atoms with Crippen LogP contribution in [0.4, 0.5) is 0 Å². The van der Waals surface area contributed by atoms with Crippen molar-refractivity contribution in [3.05, 3.63) is 29.3 Å². The summed E-state index contributed by atoms with van der Waals surface area (Å²) >= 11 is 7.35. The lowest BCUT2D eigenvalue weighted by Crippen LogP contribution is -2.52. The molecule has 0 amide bonds. The fraction of sp³-hybridized carbons (Fsp3) is 0.556. The Labute approximate surface area is 158 Å². The maximum atomic E-state index is 5.64.